The van der Waals surface area contributed by atoms with E-state index in [1.54, 1.807) is 38.1 Å². The highest BCUT2D eigenvalue weighted by atomic mass is 16.3. The number of carbonyl (C=O) groups is 2. The van der Waals surface area contributed by atoms with Crippen LogP contribution in [0, 0.1) is 0 Å². The molecule has 2 amide bonds. The molecular formula is C21H27N3O3. The van der Waals surface area contributed by atoms with Crippen molar-refractivity contribution in [2.45, 2.75) is 38.3 Å². The van der Waals surface area contributed by atoms with E-state index in [2.05, 4.69) is 10.6 Å². The third-order valence-electron chi connectivity index (χ3n) is 4.27. The molecule has 5 N–H and O–H groups in total. The van der Waals surface area contributed by atoms with Crippen molar-refractivity contribution >= 4 is 11.8 Å². The maximum atomic E-state index is 12.4. The molecule has 144 valence electrons. The molecular weight excluding hydrogens is 342 g/mol. The molecule has 0 bridgehead atoms. The van der Waals surface area contributed by atoms with E-state index >= 15 is 0 Å². The first-order chi connectivity index (χ1) is 12.8. The summed E-state index contributed by atoms with van der Waals surface area (Å²) in [6.45, 7) is 3.73. The number of hydrogen-bond acceptors (Lipinski definition) is 4. The number of phenolic OH excluding ortho intramolecular Hbond substituents is 1. The summed E-state index contributed by atoms with van der Waals surface area (Å²) >= 11 is 0. The molecule has 0 radical (unpaired) electrons. The summed E-state index contributed by atoms with van der Waals surface area (Å²) < 4.78 is 0. The summed E-state index contributed by atoms with van der Waals surface area (Å²) in [6.07, 6.45) is 1.04. The van der Waals surface area contributed by atoms with Gasteiger partial charge in [-0.25, -0.2) is 0 Å². The predicted octanol–water partition coefficient (Wildman–Crippen LogP) is 1.52. The standard InChI is InChI=1S/C21H27N3O3/c1-21(2,20(27)23-13-12-15-8-10-17(25)11-9-15)24-19(26)18(22)14-16-6-4-3-5-7-16/h3-11,18,25H,12-14,22H2,1-2H3,(H,23,27)(H,24,26)/t18-/m0/s1. The fraction of sp³-hybridized carbons (Fsp3) is 0.333. The molecule has 0 saturated heterocycles. The molecule has 1 atom stereocenters. The van der Waals surface area contributed by atoms with E-state index in [-0.39, 0.29) is 17.6 Å². The zero-order chi connectivity index (χ0) is 19.9. The van der Waals surface area contributed by atoms with Gasteiger partial charge in [-0.2, -0.15) is 0 Å². The highest BCUT2D eigenvalue weighted by Gasteiger charge is 2.30. The largest absolute Gasteiger partial charge is 0.508 e. The Kier molecular flexibility index (Phi) is 6.96. The molecule has 2 aromatic rings. The summed E-state index contributed by atoms with van der Waals surface area (Å²) in [4.78, 5) is 24.8. The normalized spacial score (nSPS) is 12.3. The maximum Gasteiger partial charge on any atom is 0.245 e. The highest BCUT2D eigenvalue weighted by molar-refractivity contribution is 5.92. The van der Waals surface area contributed by atoms with Gasteiger partial charge in [0.15, 0.2) is 0 Å². The predicted molar refractivity (Wildman–Crippen MR) is 105 cm³/mol. The first kappa shape index (κ1) is 20.5. The Hall–Kier alpha value is -2.86. The van der Waals surface area contributed by atoms with Gasteiger partial charge in [0, 0.05) is 6.54 Å². The summed E-state index contributed by atoms with van der Waals surface area (Å²) in [5.74, 6) is -0.433. The molecule has 6 heteroatoms. The zero-order valence-electron chi connectivity index (χ0n) is 15.7. The van der Waals surface area contributed by atoms with Crippen LogP contribution in [-0.4, -0.2) is 35.0 Å². The lowest BCUT2D eigenvalue weighted by Gasteiger charge is -2.27. The van der Waals surface area contributed by atoms with E-state index < -0.39 is 11.6 Å². The molecule has 0 spiro atoms. The molecule has 0 saturated carbocycles. The second-order valence-corrected chi connectivity index (χ2v) is 7.08. The highest BCUT2D eigenvalue weighted by Crippen LogP contribution is 2.10. The van der Waals surface area contributed by atoms with E-state index in [0.717, 1.165) is 11.1 Å². The Morgan fingerprint density at radius 2 is 1.67 bits per heavy atom. The average Bonchev–Trinajstić information content (AvgIpc) is 2.63. The van der Waals surface area contributed by atoms with Crippen LogP contribution in [0.15, 0.2) is 54.6 Å². The number of aromatic hydroxyl groups is 1. The number of phenols is 1. The summed E-state index contributed by atoms with van der Waals surface area (Å²) in [7, 11) is 0. The van der Waals surface area contributed by atoms with Gasteiger partial charge in [0.2, 0.25) is 11.8 Å². The van der Waals surface area contributed by atoms with Gasteiger partial charge in [0.05, 0.1) is 6.04 Å². The van der Waals surface area contributed by atoms with Crippen LogP contribution in [-0.2, 0) is 22.4 Å². The Labute approximate surface area is 159 Å². The van der Waals surface area contributed by atoms with Crippen LogP contribution in [0.3, 0.4) is 0 Å². The molecule has 2 rings (SSSR count). The van der Waals surface area contributed by atoms with Crippen LogP contribution < -0.4 is 16.4 Å². The fourth-order valence-electron chi connectivity index (χ4n) is 2.62. The van der Waals surface area contributed by atoms with E-state index in [9.17, 15) is 14.7 Å². The number of benzene rings is 2. The lowest BCUT2D eigenvalue weighted by atomic mass is 10.0. The molecule has 0 aromatic heterocycles. The Bertz CT molecular complexity index is 758. The second-order valence-electron chi connectivity index (χ2n) is 7.08. The molecule has 0 aliphatic heterocycles. The minimum atomic E-state index is -1.07. The molecule has 0 aliphatic carbocycles. The van der Waals surface area contributed by atoms with Crippen LogP contribution in [0.25, 0.3) is 0 Å². The van der Waals surface area contributed by atoms with Crippen LogP contribution in [0.5, 0.6) is 5.75 Å². The second kappa shape index (κ2) is 9.19. The van der Waals surface area contributed by atoms with Crippen LogP contribution in [0.2, 0.25) is 0 Å². The number of rotatable bonds is 8. The van der Waals surface area contributed by atoms with Crippen LogP contribution in [0.1, 0.15) is 25.0 Å². The lowest BCUT2D eigenvalue weighted by molar-refractivity contribution is -0.132. The third kappa shape index (κ3) is 6.42. The number of nitrogens with two attached hydrogens (primary N) is 1. The van der Waals surface area contributed by atoms with E-state index in [4.69, 9.17) is 5.73 Å². The van der Waals surface area contributed by atoms with Crippen molar-refractivity contribution in [3.05, 3.63) is 65.7 Å². The van der Waals surface area contributed by atoms with Crippen molar-refractivity contribution in [1.82, 2.24) is 10.6 Å². The first-order valence-corrected chi connectivity index (χ1v) is 8.95. The maximum absolute atomic E-state index is 12.4. The summed E-state index contributed by atoms with van der Waals surface area (Å²) in [6, 6.07) is 15.6. The van der Waals surface area contributed by atoms with Gasteiger partial charge >= 0.3 is 0 Å². The minimum Gasteiger partial charge on any atom is -0.508 e. The van der Waals surface area contributed by atoms with E-state index in [0.29, 0.717) is 19.4 Å². The Morgan fingerprint density at radius 3 is 2.30 bits per heavy atom. The average molecular weight is 369 g/mol. The monoisotopic (exact) mass is 369 g/mol. The van der Waals surface area contributed by atoms with Crippen molar-refractivity contribution in [3.63, 3.8) is 0 Å². The lowest BCUT2D eigenvalue weighted by Crippen LogP contribution is -2.58. The Morgan fingerprint density at radius 1 is 1.04 bits per heavy atom. The van der Waals surface area contributed by atoms with Gasteiger partial charge in [0.25, 0.3) is 0 Å². The van der Waals surface area contributed by atoms with Crippen molar-refractivity contribution in [1.29, 1.82) is 0 Å². The van der Waals surface area contributed by atoms with Gasteiger partial charge in [0.1, 0.15) is 11.3 Å². The number of carbonyl (C=O) groups excluding carboxylic acids is 2. The topological polar surface area (TPSA) is 104 Å². The smallest absolute Gasteiger partial charge is 0.245 e. The minimum absolute atomic E-state index is 0.207. The summed E-state index contributed by atoms with van der Waals surface area (Å²) in [5, 5.41) is 14.8. The van der Waals surface area contributed by atoms with Gasteiger partial charge in [-0.3, -0.25) is 9.59 Å². The van der Waals surface area contributed by atoms with Crippen LogP contribution >= 0.6 is 0 Å². The summed E-state index contributed by atoms with van der Waals surface area (Å²) in [5.41, 5.74) is 6.88. The van der Waals surface area contributed by atoms with Crippen LogP contribution in [0.4, 0.5) is 0 Å². The number of nitrogens with one attached hydrogen (secondary N) is 2. The van der Waals surface area contributed by atoms with Gasteiger partial charge in [-0.15, -0.1) is 0 Å². The third-order valence-corrected chi connectivity index (χ3v) is 4.27. The molecule has 27 heavy (non-hydrogen) atoms. The van der Waals surface area contributed by atoms with Crippen molar-refractivity contribution in [2.75, 3.05) is 6.54 Å². The fourth-order valence-corrected chi connectivity index (χ4v) is 2.62. The van der Waals surface area contributed by atoms with E-state index in [1.165, 1.54) is 0 Å². The van der Waals surface area contributed by atoms with Gasteiger partial charge < -0.3 is 21.5 Å². The number of hydrogen-bond donors (Lipinski definition) is 4. The quantitative estimate of drug-likeness (QED) is 0.566. The Balaban J connectivity index is 1.81. The SMILES string of the molecule is CC(C)(NC(=O)[C@@H](N)Cc1ccccc1)C(=O)NCCc1ccc(O)cc1. The molecule has 6 nitrogen and oxygen atoms in total. The molecule has 0 heterocycles. The van der Waals surface area contributed by atoms with Gasteiger partial charge in [-0.05, 0) is 49.9 Å². The van der Waals surface area contributed by atoms with E-state index in [1.807, 2.05) is 30.3 Å². The molecule has 0 aliphatic rings. The number of amides is 2. The van der Waals surface area contributed by atoms with Crippen molar-refractivity contribution in [2.24, 2.45) is 5.73 Å². The van der Waals surface area contributed by atoms with Crippen molar-refractivity contribution in [3.8, 4) is 5.75 Å². The van der Waals surface area contributed by atoms with Crippen molar-refractivity contribution < 1.29 is 14.7 Å². The molecule has 0 unspecified atom stereocenters. The van der Waals surface area contributed by atoms with Gasteiger partial charge in [-0.1, -0.05) is 42.5 Å². The first-order valence-electron chi connectivity index (χ1n) is 8.95. The molecule has 0 fully saturated rings. The zero-order valence-corrected chi connectivity index (χ0v) is 15.7. The molecule has 2 aromatic carbocycles.